The smallest absolute Gasteiger partial charge is 0.183 e. The van der Waals surface area contributed by atoms with Gasteiger partial charge in [-0.3, -0.25) is 0 Å². The molecule has 0 aromatic rings. The van der Waals surface area contributed by atoms with Crippen LogP contribution in [-0.4, -0.2) is 65.8 Å². The Morgan fingerprint density at radius 3 is 1.12 bits per heavy atom. The second-order valence-electron chi connectivity index (χ2n) is 8.35. The Labute approximate surface area is 204 Å². The van der Waals surface area contributed by atoms with E-state index in [1.165, 1.54) is 25.7 Å². The summed E-state index contributed by atoms with van der Waals surface area (Å²) < 4.78 is 40.1. The molecule has 0 saturated carbocycles. The highest BCUT2D eigenvalue weighted by atomic mass is 16.8. The molecule has 0 N–H and O–H groups in total. The molecule has 2 unspecified atom stereocenters. The Kier molecular flexibility index (Phi) is 27.7. The van der Waals surface area contributed by atoms with E-state index in [0.717, 1.165) is 64.6 Å². The zero-order valence-corrected chi connectivity index (χ0v) is 22.2. The maximum Gasteiger partial charge on any atom is 0.183 e. The van der Waals surface area contributed by atoms with Crippen LogP contribution in [0.3, 0.4) is 0 Å². The van der Waals surface area contributed by atoms with Crippen LogP contribution in [0.2, 0.25) is 0 Å². The lowest BCUT2D eigenvalue weighted by Crippen LogP contribution is -2.28. The van der Waals surface area contributed by atoms with Gasteiger partial charge in [-0.25, -0.2) is 0 Å². The number of hydrogen-bond acceptors (Lipinski definition) is 7. The van der Waals surface area contributed by atoms with Crippen molar-refractivity contribution in [3.05, 3.63) is 0 Å². The number of hydrogen-bond donors (Lipinski definition) is 0. The van der Waals surface area contributed by atoms with Crippen molar-refractivity contribution in [3.8, 4) is 0 Å². The summed E-state index contributed by atoms with van der Waals surface area (Å²) in [5.74, 6) is 0. The predicted molar refractivity (Wildman–Crippen MR) is 132 cm³/mol. The standard InChI is InChI=1S/C26H54O7/c1-5-9-13-17-27-21-25(30-19-15-11-7-3)32-23-29-24-33-26(31-20-16-12-8-4)22-28-18-14-10-6-2/h25-26H,5-24H2,1-4H3. The van der Waals surface area contributed by atoms with Crippen LogP contribution in [0.1, 0.15) is 105 Å². The molecule has 0 fully saturated rings. The Morgan fingerprint density at radius 2 is 0.758 bits per heavy atom. The average Bonchev–Trinajstić information content (AvgIpc) is 2.82. The first-order valence-corrected chi connectivity index (χ1v) is 13.5. The van der Waals surface area contributed by atoms with Crippen molar-refractivity contribution in [3.63, 3.8) is 0 Å². The Morgan fingerprint density at radius 1 is 0.394 bits per heavy atom. The summed E-state index contributed by atoms with van der Waals surface area (Å²) in [6, 6.07) is 0. The van der Waals surface area contributed by atoms with Gasteiger partial charge in [-0.2, -0.15) is 0 Å². The van der Waals surface area contributed by atoms with Crippen molar-refractivity contribution in [2.45, 2.75) is 117 Å². The predicted octanol–water partition coefficient (Wildman–Crippen LogP) is 6.43. The second kappa shape index (κ2) is 28.0. The minimum Gasteiger partial charge on any atom is -0.376 e. The minimum absolute atomic E-state index is 0.0800. The van der Waals surface area contributed by atoms with Gasteiger partial charge in [-0.1, -0.05) is 79.1 Å². The fraction of sp³-hybridized carbons (Fsp3) is 1.00. The molecule has 0 amide bonds. The van der Waals surface area contributed by atoms with Gasteiger partial charge in [0.15, 0.2) is 26.2 Å². The summed E-state index contributed by atoms with van der Waals surface area (Å²) in [4.78, 5) is 0. The third-order valence-corrected chi connectivity index (χ3v) is 5.07. The monoisotopic (exact) mass is 478 g/mol. The van der Waals surface area contributed by atoms with Crippen molar-refractivity contribution in [2.75, 3.05) is 53.2 Å². The fourth-order valence-corrected chi connectivity index (χ4v) is 2.97. The van der Waals surface area contributed by atoms with E-state index in [4.69, 9.17) is 33.2 Å². The quantitative estimate of drug-likeness (QED) is 0.0948. The van der Waals surface area contributed by atoms with Gasteiger partial charge < -0.3 is 33.2 Å². The van der Waals surface area contributed by atoms with E-state index in [9.17, 15) is 0 Å². The molecule has 0 aromatic carbocycles. The Hall–Kier alpha value is -0.280. The molecule has 0 spiro atoms. The van der Waals surface area contributed by atoms with E-state index >= 15 is 0 Å². The number of rotatable bonds is 28. The molecule has 0 bridgehead atoms. The summed E-state index contributed by atoms with van der Waals surface area (Å²) in [5, 5.41) is 0. The van der Waals surface area contributed by atoms with E-state index < -0.39 is 12.6 Å². The highest BCUT2D eigenvalue weighted by molar-refractivity contribution is 4.46. The van der Waals surface area contributed by atoms with Crippen LogP contribution in [0.5, 0.6) is 0 Å². The van der Waals surface area contributed by atoms with Gasteiger partial charge in [-0.15, -0.1) is 0 Å². The van der Waals surface area contributed by atoms with Crippen molar-refractivity contribution in [2.24, 2.45) is 0 Å². The van der Waals surface area contributed by atoms with Gasteiger partial charge in [-0.05, 0) is 25.7 Å². The summed E-state index contributed by atoms with van der Waals surface area (Å²) in [6.07, 6.45) is 12.6. The fourth-order valence-electron chi connectivity index (χ4n) is 2.97. The first-order chi connectivity index (χ1) is 16.3. The topological polar surface area (TPSA) is 64.6 Å². The molecule has 7 heteroatoms. The zero-order valence-electron chi connectivity index (χ0n) is 22.2. The zero-order chi connectivity index (χ0) is 24.2. The van der Waals surface area contributed by atoms with Gasteiger partial charge in [0.25, 0.3) is 0 Å². The van der Waals surface area contributed by atoms with E-state index in [0.29, 0.717) is 26.4 Å². The van der Waals surface area contributed by atoms with Crippen LogP contribution in [0.15, 0.2) is 0 Å². The molecule has 0 rings (SSSR count). The van der Waals surface area contributed by atoms with E-state index in [1.54, 1.807) is 0 Å². The highest BCUT2D eigenvalue weighted by Crippen LogP contribution is 2.05. The lowest BCUT2D eigenvalue weighted by atomic mass is 10.3. The van der Waals surface area contributed by atoms with Gasteiger partial charge in [0.2, 0.25) is 0 Å². The molecule has 0 radical (unpaired) electrons. The maximum atomic E-state index is 5.83. The van der Waals surface area contributed by atoms with Crippen LogP contribution in [-0.2, 0) is 33.2 Å². The third-order valence-electron chi connectivity index (χ3n) is 5.07. The average molecular weight is 479 g/mol. The molecule has 33 heavy (non-hydrogen) atoms. The number of unbranched alkanes of at least 4 members (excludes halogenated alkanes) is 8. The van der Waals surface area contributed by atoms with Gasteiger partial charge in [0.1, 0.15) is 0 Å². The van der Waals surface area contributed by atoms with E-state index in [2.05, 4.69) is 27.7 Å². The molecule has 0 heterocycles. The normalized spacial score (nSPS) is 13.5. The Bertz CT molecular complexity index is 326. The maximum absolute atomic E-state index is 5.83. The van der Waals surface area contributed by atoms with E-state index in [1.807, 2.05) is 0 Å². The third kappa shape index (κ3) is 24.6. The lowest BCUT2D eigenvalue weighted by molar-refractivity contribution is -0.260. The summed E-state index contributed by atoms with van der Waals surface area (Å²) >= 11 is 0. The molecule has 200 valence electrons. The molecular weight excluding hydrogens is 424 g/mol. The van der Waals surface area contributed by atoms with Crippen molar-refractivity contribution in [1.82, 2.24) is 0 Å². The first-order valence-electron chi connectivity index (χ1n) is 13.5. The lowest BCUT2D eigenvalue weighted by Gasteiger charge is -2.21. The first kappa shape index (κ1) is 32.7. The summed E-state index contributed by atoms with van der Waals surface area (Å²) in [7, 11) is 0. The number of ether oxygens (including phenoxy) is 7. The molecule has 7 nitrogen and oxygen atoms in total. The molecule has 0 saturated heterocycles. The molecule has 0 aliphatic carbocycles. The van der Waals surface area contributed by atoms with Gasteiger partial charge >= 0.3 is 0 Å². The van der Waals surface area contributed by atoms with Crippen LogP contribution < -0.4 is 0 Å². The molecule has 0 aliphatic rings. The molecule has 2 atom stereocenters. The van der Waals surface area contributed by atoms with Crippen LogP contribution in [0.4, 0.5) is 0 Å². The van der Waals surface area contributed by atoms with Crippen LogP contribution in [0.25, 0.3) is 0 Å². The molecule has 0 aliphatic heterocycles. The van der Waals surface area contributed by atoms with Gasteiger partial charge in [0.05, 0.1) is 13.2 Å². The summed E-state index contributed by atoms with van der Waals surface area (Å²) in [6.45, 7) is 12.5. The van der Waals surface area contributed by atoms with Crippen molar-refractivity contribution < 1.29 is 33.2 Å². The largest absolute Gasteiger partial charge is 0.376 e. The van der Waals surface area contributed by atoms with Crippen molar-refractivity contribution in [1.29, 1.82) is 0 Å². The van der Waals surface area contributed by atoms with Crippen LogP contribution >= 0.6 is 0 Å². The summed E-state index contributed by atoms with van der Waals surface area (Å²) in [5.41, 5.74) is 0. The molecular formula is C26H54O7. The highest BCUT2D eigenvalue weighted by Gasteiger charge is 2.12. The van der Waals surface area contributed by atoms with E-state index in [-0.39, 0.29) is 13.6 Å². The second-order valence-corrected chi connectivity index (χ2v) is 8.35. The Balaban J connectivity index is 4.15. The SMILES string of the molecule is CCCCCOCC(OCCCCC)OCOCOC(COCCCCC)OCCCCC. The van der Waals surface area contributed by atoms with Gasteiger partial charge in [0, 0.05) is 26.4 Å². The van der Waals surface area contributed by atoms with Crippen molar-refractivity contribution >= 4 is 0 Å². The molecule has 0 aromatic heterocycles. The minimum atomic E-state index is -0.425. The van der Waals surface area contributed by atoms with Crippen LogP contribution in [0, 0.1) is 0 Å².